The quantitative estimate of drug-likeness (QED) is 0.400. The number of rotatable bonds is 6. The predicted molar refractivity (Wildman–Crippen MR) is 134 cm³/mol. The Balaban J connectivity index is 1.47. The number of imide groups is 1. The van der Waals surface area contributed by atoms with Gasteiger partial charge in [0.05, 0.1) is 16.8 Å². The van der Waals surface area contributed by atoms with E-state index in [9.17, 15) is 14.4 Å². The molecule has 34 heavy (non-hydrogen) atoms. The van der Waals surface area contributed by atoms with Crippen molar-refractivity contribution in [2.75, 3.05) is 10.2 Å². The zero-order valence-electron chi connectivity index (χ0n) is 17.8. The van der Waals surface area contributed by atoms with Gasteiger partial charge >= 0.3 is 0 Å². The smallest absolute Gasteiger partial charge is 0.283 e. The van der Waals surface area contributed by atoms with E-state index in [0.29, 0.717) is 16.3 Å². The van der Waals surface area contributed by atoms with Crippen LogP contribution in [0.1, 0.15) is 28.9 Å². The lowest BCUT2D eigenvalue weighted by atomic mass is 10.1. The van der Waals surface area contributed by atoms with Crippen molar-refractivity contribution in [1.82, 2.24) is 5.32 Å². The number of hydrogen-bond donors (Lipinski definition) is 2. The second-order valence-electron chi connectivity index (χ2n) is 7.54. The van der Waals surface area contributed by atoms with Crippen LogP contribution >= 0.6 is 34.8 Å². The summed E-state index contributed by atoms with van der Waals surface area (Å²) in [5.41, 5.74) is 1.94. The van der Waals surface area contributed by atoms with E-state index in [0.717, 1.165) is 10.5 Å². The van der Waals surface area contributed by atoms with Gasteiger partial charge in [0.2, 0.25) is 0 Å². The lowest BCUT2D eigenvalue weighted by Gasteiger charge is -2.17. The molecule has 172 valence electrons. The van der Waals surface area contributed by atoms with Crippen molar-refractivity contribution < 1.29 is 14.4 Å². The molecule has 4 rings (SSSR count). The van der Waals surface area contributed by atoms with Crippen molar-refractivity contribution in [1.29, 1.82) is 0 Å². The van der Waals surface area contributed by atoms with Gasteiger partial charge in [-0.05, 0) is 55.0 Å². The average molecular weight is 515 g/mol. The fraction of sp³-hybridized carbons (Fsp3) is 0.0800. The SMILES string of the molecule is CC(NC(=O)c1ccc(NC2=C(Cl)C(=O)N(c3cc(Cl)ccc3Cl)C2=O)cc1)c1ccccc1. The molecular weight excluding hydrogens is 497 g/mol. The second kappa shape index (κ2) is 9.89. The highest BCUT2D eigenvalue weighted by Crippen LogP contribution is 2.35. The van der Waals surface area contributed by atoms with Crippen LogP contribution in [0.25, 0.3) is 0 Å². The largest absolute Gasteiger partial charge is 0.350 e. The van der Waals surface area contributed by atoms with Crippen molar-refractivity contribution in [2.24, 2.45) is 0 Å². The number of anilines is 2. The van der Waals surface area contributed by atoms with Crippen LogP contribution in [0.2, 0.25) is 10.0 Å². The summed E-state index contributed by atoms with van der Waals surface area (Å²) in [5.74, 6) is -1.63. The maximum absolute atomic E-state index is 13.0. The number of nitrogens with zero attached hydrogens (tertiary/aromatic N) is 1. The minimum atomic E-state index is -0.718. The third-order valence-corrected chi connectivity index (χ3v) is 6.15. The predicted octanol–water partition coefficient (Wildman–Crippen LogP) is 5.92. The molecule has 9 heteroatoms. The fourth-order valence-corrected chi connectivity index (χ4v) is 4.02. The van der Waals surface area contributed by atoms with Gasteiger partial charge in [0.25, 0.3) is 17.7 Å². The number of halogens is 3. The molecule has 3 aromatic rings. The first-order chi connectivity index (χ1) is 16.3. The van der Waals surface area contributed by atoms with Gasteiger partial charge in [-0.25, -0.2) is 4.90 Å². The van der Waals surface area contributed by atoms with Crippen molar-refractivity contribution in [3.8, 4) is 0 Å². The van der Waals surface area contributed by atoms with Crippen LogP contribution in [0.5, 0.6) is 0 Å². The van der Waals surface area contributed by atoms with Gasteiger partial charge in [0.1, 0.15) is 10.7 Å². The van der Waals surface area contributed by atoms with Crippen LogP contribution in [0.4, 0.5) is 11.4 Å². The molecule has 0 aromatic heterocycles. The Hall–Kier alpha value is -3.32. The minimum Gasteiger partial charge on any atom is -0.350 e. The van der Waals surface area contributed by atoms with Gasteiger partial charge in [0.15, 0.2) is 0 Å². The molecular formula is C25H18Cl3N3O3. The van der Waals surface area contributed by atoms with Crippen LogP contribution in [0.3, 0.4) is 0 Å². The number of nitrogens with one attached hydrogen (secondary N) is 2. The van der Waals surface area contributed by atoms with Crippen molar-refractivity contribution in [3.63, 3.8) is 0 Å². The maximum atomic E-state index is 13.0. The van der Waals surface area contributed by atoms with E-state index in [1.54, 1.807) is 30.3 Å². The lowest BCUT2D eigenvalue weighted by Crippen LogP contribution is -2.32. The highest BCUT2D eigenvalue weighted by Gasteiger charge is 2.40. The normalized spacial score (nSPS) is 14.4. The number of carbonyl (C=O) groups is 3. The molecule has 1 heterocycles. The van der Waals surface area contributed by atoms with Crippen LogP contribution < -0.4 is 15.5 Å². The van der Waals surface area contributed by atoms with Crippen LogP contribution in [0, 0.1) is 0 Å². The molecule has 6 nitrogen and oxygen atoms in total. The van der Waals surface area contributed by atoms with Crippen LogP contribution in [-0.2, 0) is 9.59 Å². The van der Waals surface area contributed by atoms with Gasteiger partial charge in [-0.3, -0.25) is 14.4 Å². The summed E-state index contributed by atoms with van der Waals surface area (Å²) in [7, 11) is 0. The molecule has 3 amide bonds. The molecule has 1 aliphatic rings. The molecule has 0 bridgehead atoms. The van der Waals surface area contributed by atoms with Crippen molar-refractivity contribution >= 4 is 63.9 Å². The zero-order chi connectivity index (χ0) is 24.4. The first-order valence-electron chi connectivity index (χ1n) is 10.2. The third kappa shape index (κ3) is 4.80. The van der Waals surface area contributed by atoms with E-state index in [-0.39, 0.29) is 33.4 Å². The highest BCUT2D eigenvalue weighted by atomic mass is 35.5. The first kappa shape index (κ1) is 23.8. The van der Waals surface area contributed by atoms with Gasteiger partial charge in [-0.2, -0.15) is 0 Å². The minimum absolute atomic E-state index is 0.0994. The molecule has 1 aliphatic heterocycles. The number of carbonyl (C=O) groups excluding carboxylic acids is 3. The summed E-state index contributed by atoms with van der Waals surface area (Å²) < 4.78 is 0. The summed E-state index contributed by atoms with van der Waals surface area (Å²) in [6.07, 6.45) is 0. The van der Waals surface area contributed by atoms with Crippen LogP contribution in [0.15, 0.2) is 83.5 Å². The van der Waals surface area contributed by atoms with Crippen molar-refractivity contribution in [2.45, 2.75) is 13.0 Å². The Kier molecular flexibility index (Phi) is 6.93. The molecule has 0 aliphatic carbocycles. The highest BCUT2D eigenvalue weighted by molar-refractivity contribution is 6.54. The summed E-state index contributed by atoms with van der Waals surface area (Å²) in [5, 5.41) is 6.02. The first-order valence-corrected chi connectivity index (χ1v) is 11.4. The molecule has 0 spiro atoms. The summed E-state index contributed by atoms with van der Waals surface area (Å²) in [6.45, 7) is 1.90. The Morgan fingerprint density at radius 2 is 1.56 bits per heavy atom. The molecule has 0 saturated heterocycles. The summed E-state index contributed by atoms with van der Waals surface area (Å²) in [4.78, 5) is 39.1. The second-order valence-corrected chi connectivity index (χ2v) is 8.76. The fourth-order valence-electron chi connectivity index (χ4n) is 3.44. The Morgan fingerprint density at radius 1 is 0.882 bits per heavy atom. The van der Waals surface area contributed by atoms with Gasteiger partial charge in [-0.15, -0.1) is 0 Å². The lowest BCUT2D eigenvalue weighted by molar-refractivity contribution is -0.120. The monoisotopic (exact) mass is 513 g/mol. The molecule has 0 saturated carbocycles. The maximum Gasteiger partial charge on any atom is 0.283 e. The van der Waals surface area contributed by atoms with E-state index in [2.05, 4.69) is 10.6 Å². The van der Waals surface area contributed by atoms with E-state index in [1.807, 2.05) is 37.3 Å². The Morgan fingerprint density at radius 3 is 2.24 bits per heavy atom. The number of hydrogen-bond acceptors (Lipinski definition) is 4. The topological polar surface area (TPSA) is 78.5 Å². The van der Waals surface area contributed by atoms with Gasteiger partial charge in [-0.1, -0.05) is 65.1 Å². The molecule has 0 radical (unpaired) electrons. The molecule has 2 N–H and O–H groups in total. The van der Waals surface area contributed by atoms with Crippen LogP contribution in [-0.4, -0.2) is 17.7 Å². The number of benzene rings is 3. The Bertz CT molecular complexity index is 1310. The average Bonchev–Trinajstić information content (AvgIpc) is 3.04. The Labute approximate surface area is 211 Å². The summed E-state index contributed by atoms with van der Waals surface area (Å²) in [6, 6.07) is 20.3. The van der Waals surface area contributed by atoms with E-state index < -0.39 is 11.8 Å². The van der Waals surface area contributed by atoms with E-state index in [1.165, 1.54) is 12.1 Å². The molecule has 1 atom stereocenters. The molecule has 0 fully saturated rings. The zero-order valence-corrected chi connectivity index (χ0v) is 20.1. The van der Waals surface area contributed by atoms with Gasteiger partial charge < -0.3 is 10.6 Å². The van der Waals surface area contributed by atoms with E-state index in [4.69, 9.17) is 34.8 Å². The number of amides is 3. The molecule has 1 unspecified atom stereocenters. The van der Waals surface area contributed by atoms with E-state index >= 15 is 0 Å². The standard InChI is InChI=1S/C25H18Cl3N3O3/c1-14(15-5-3-2-4-6-15)29-23(32)16-7-10-18(11-8-16)30-22-21(28)24(33)31(25(22)34)20-13-17(26)9-12-19(20)27/h2-14,30H,1H3,(H,29,32). The molecule has 3 aromatic carbocycles. The van der Waals surface area contributed by atoms with Crippen molar-refractivity contribution in [3.05, 3.63) is 105 Å². The van der Waals surface area contributed by atoms with Gasteiger partial charge in [0, 0.05) is 16.3 Å². The third-order valence-electron chi connectivity index (χ3n) is 5.24. The summed E-state index contributed by atoms with van der Waals surface area (Å²) >= 11 is 18.3.